The second-order valence-electron chi connectivity index (χ2n) is 8.41. The lowest BCUT2D eigenvalue weighted by atomic mass is 9.59. The Morgan fingerprint density at radius 2 is 1.50 bits per heavy atom. The molecule has 0 aromatic carbocycles. The van der Waals surface area contributed by atoms with Crippen LogP contribution in [-0.2, 0) is 0 Å². The van der Waals surface area contributed by atoms with Crippen LogP contribution in [0.5, 0.6) is 0 Å². The highest BCUT2D eigenvalue weighted by Crippen LogP contribution is 2.48. The lowest BCUT2D eigenvalue weighted by Gasteiger charge is -2.46. The molecule has 0 aliphatic carbocycles. The summed E-state index contributed by atoms with van der Waals surface area (Å²) in [5.74, 6) is 1.36. The minimum Gasteiger partial charge on any atom is -0.389 e. The van der Waals surface area contributed by atoms with Gasteiger partial charge >= 0.3 is 0 Å². The largest absolute Gasteiger partial charge is 0.389 e. The fraction of sp³-hybridized carbons (Fsp3) is 0.895. The maximum absolute atomic E-state index is 9.82. The van der Waals surface area contributed by atoms with Crippen molar-refractivity contribution in [1.82, 2.24) is 0 Å². The van der Waals surface area contributed by atoms with Crippen LogP contribution in [0.15, 0.2) is 12.2 Å². The molecule has 3 unspecified atom stereocenters. The first-order chi connectivity index (χ1) is 8.91. The first-order valence-electron chi connectivity index (χ1n) is 8.25. The van der Waals surface area contributed by atoms with Crippen molar-refractivity contribution in [1.29, 1.82) is 0 Å². The summed E-state index contributed by atoms with van der Waals surface area (Å²) in [5, 5.41) is 9.82. The van der Waals surface area contributed by atoms with Crippen molar-refractivity contribution in [2.45, 2.75) is 87.2 Å². The molecular formula is C19H38O. The first-order valence-corrected chi connectivity index (χ1v) is 8.25. The van der Waals surface area contributed by atoms with Crippen LogP contribution in [0.25, 0.3) is 0 Å². The van der Waals surface area contributed by atoms with Gasteiger partial charge in [0.05, 0.1) is 6.10 Å². The Morgan fingerprint density at radius 3 is 1.85 bits per heavy atom. The predicted octanol–water partition coefficient (Wildman–Crippen LogP) is 5.83. The standard InChI is InChI=1S/C19H38O/c1-14(2)17(20)11-10-16(5)12-13-19(9,15(3)4)18(6,7)8/h15-17,20H,1,10-13H2,2-9H3. The maximum atomic E-state index is 9.82. The van der Waals surface area contributed by atoms with Gasteiger partial charge in [0.15, 0.2) is 0 Å². The summed E-state index contributed by atoms with van der Waals surface area (Å²) in [6.45, 7) is 22.3. The van der Waals surface area contributed by atoms with Gasteiger partial charge < -0.3 is 5.11 Å². The third-order valence-electron chi connectivity index (χ3n) is 5.65. The van der Waals surface area contributed by atoms with E-state index in [1.54, 1.807) is 0 Å². The lowest BCUT2D eigenvalue weighted by Crippen LogP contribution is -2.38. The van der Waals surface area contributed by atoms with Crippen molar-refractivity contribution in [3.8, 4) is 0 Å². The van der Waals surface area contributed by atoms with E-state index in [9.17, 15) is 5.11 Å². The highest BCUT2D eigenvalue weighted by Gasteiger charge is 2.39. The molecule has 0 saturated carbocycles. The van der Waals surface area contributed by atoms with Gasteiger partial charge in [0.25, 0.3) is 0 Å². The van der Waals surface area contributed by atoms with E-state index >= 15 is 0 Å². The molecule has 0 amide bonds. The smallest absolute Gasteiger partial charge is 0.0744 e. The Bertz CT molecular complexity index is 297. The minimum atomic E-state index is -0.323. The highest BCUT2D eigenvalue weighted by atomic mass is 16.3. The summed E-state index contributed by atoms with van der Waals surface area (Å²) >= 11 is 0. The van der Waals surface area contributed by atoms with E-state index in [2.05, 4.69) is 55.0 Å². The molecule has 20 heavy (non-hydrogen) atoms. The monoisotopic (exact) mass is 282 g/mol. The zero-order valence-corrected chi connectivity index (χ0v) is 15.2. The van der Waals surface area contributed by atoms with Gasteiger partial charge in [-0.05, 0) is 48.9 Å². The van der Waals surface area contributed by atoms with E-state index in [1.165, 1.54) is 12.8 Å². The molecule has 3 atom stereocenters. The summed E-state index contributed by atoms with van der Waals surface area (Å²) < 4.78 is 0. The van der Waals surface area contributed by atoms with Crippen LogP contribution >= 0.6 is 0 Å². The molecule has 0 spiro atoms. The molecule has 0 bridgehead atoms. The Balaban J connectivity index is 4.40. The van der Waals surface area contributed by atoms with Crippen LogP contribution in [0.1, 0.15) is 81.1 Å². The summed E-state index contributed by atoms with van der Waals surface area (Å²) in [6, 6.07) is 0. The van der Waals surface area contributed by atoms with E-state index in [0.717, 1.165) is 18.4 Å². The van der Waals surface area contributed by atoms with Gasteiger partial charge in [-0.1, -0.05) is 67.0 Å². The molecule has 120 valence electrons. The summed E-state index contributed by atoms with van der Waals surface area (Å²) in [5.41, 5.74) is 1.59. The molecule has 0 fully saturated rings. The first kappa shape index (κ1) is 19.7. The van der Waals surface area contributed by atoms with Crippen molar-refractivity contribution >= 4 is 0 Å². The zero-order valence-electron chi connectivity index (χ0n) is 15.2. The normalized spacial score (nSPS) is 18.7. The molecule has 0 aromatic rings. The molecule has 0 aliphatic heterocycles. The van der Waals surface area contributed by atoms with Gasteiger partial charge in [-0.25, -0.2) is 0 Å². The van der Waals surface area contributed by atoms with Crippen LogP contribution in [-0.4, -0.2) is 11.2 Å². The SMILES string of the molecule is C=C(C)C(O)CCC(C)CCC(C)(C(C)C)C(C)(C)C. The highest BCUT2D eigenvalue weighted by molar-refractivity contribution is 4.96. The Hall–Kier alpha value is -0.300. The second kappa shape index (κ2) is 7.64. The molecule has 0 aromatic heterocycles. The van der Waals surface area contributed by atoms with Crippen LogP contribution < -0.4 is 0 Å². The van der Waals surface area contributed by atoms with Crippen LogP contribution in [0.2, 0.25) is 0 Å². The van der Waals surface area contributed by atoms with Gasteiger partial charge in [-0.15, -0.1) is 0 Å². The minimum absolute atomic E-state index is 0.323. The second-order valence-corrected chi connectivity index (χ2v) is 8.41. The summed E-state index contributed by atoms with van der Waals surface area (Å²) in [7, 11) is 0. The molecule has 0 radical (unpaired) electrons. The van der Waals surface area contributed by atoms with Crippen molar-refractivity contribution < 1.29 is 5.11 Å². The molecular weight excluding hydrogens is 244 g/mol. The molecule has 0 saturated heterocycles. The van der Waals surface area contributed by atoms with Crippen LogP contribution in [0, 0.1) is 22.7 Å². The molecule has 1 N–H and O–H groups in total. The molecule has 1 nitrogen and oxygen atoms in total. The Morgan fingerprint density at radius 1 is 1.00 bits per heavy atom. The number of hydrogen-bond acceptors (Lipinski definition) is 1. The van der Waals surface area contributed by atoms with E-state index in [1.807, 2.05) is 6.92 Å². The number of aliphatic hydroxyl groups is 1. The Kier molecular flexibility index (Phi) is 7.52. The van der Waals surface area contributed by atoms with Gasteiger partial charge in [0.2, 0.25) is 0 Å². The number of hydrogen-bond donors (Lipinski definition) is 1. The molecule has 0 aliphatic rings. The van der Waals surface area contributed by atoms with Crippen molar-refractivity contribution in [3.05, 3.63) is 12.2 Å². The van der Waals surface area contributed by atoms with E-state index < -0.39 is 0 Å². The summed E-state index contributed by atoms with van der Waals surface area (Å²) in [6.07, 6.45) is 4.13. The maximum Gasteiger partial charge on any atom is 0.0744 e. The van der Waals surface area contributed by atoms with Crippen molar-refractivity contribution in [2.75, 3.05) is 0 Å². The average Bonchev–Trinajstić information content (AvgIpc) is 2.30. The number of rotatable bonds is 8. The van der Waals surface area contributed by atoms with Crippen molar-refractivity contribution in [3.63, 3.8) is 0 Å². The van der Waals surface area contributed by atoms with E-state index in [0.29, 0.717) is 22.7 Å². The van der Waals surface area contributed by atoms with Gasteiger partial charge in [-0.2, -0.15) is 0 Å². The average molecular weight is 283 g/mol. The van der Waals surface area contributed by atoms with Crippen LogP contribution in [0.3, 0.4) is 0 Å². The third-order valence-corrected chi connectivity index (χ3v) is 5.65. The van der Waals surface area contributed by atoms with E-state index in [-0.39, 0.29) is 6.10 Å². The van der Waals surface area contributed by atoms with Gasteiger partial charge in [0, 0.05) is 0 Å². The van der Waals surface area contributed by atoms with E-state index in [4.69, 9.17) is 0 Å². The predicted molar refractivity (Wildman–Crippen MR) is 90.9 cm³/mol. The third kappa shape index (κ3) is 5.60. The lowest BCUT2D eigenvalue weighted by molar-refractivity contribution is 0.0340. The quantitative estimate of drug-likeness (QED) is 0.555. The van der Waals surface area contributed by atoms with Gasteiger partial charge in [0.1, 0.15) is 0 Å². The molecule has 0 heterocycles. The fourth-order valence-electron chi connectivity index (χ4n) is 2.91. The molecule has 1 heteroatoms. The molecule has 0 rings (SSSR count). The topological polar surface area (TPSA) is 20.2 Å². The summed E-state index contributed by atoms with van der Waals surface area (Å²) in [4.78, 5) is 0. The fourth-order valence-corrected chi connectivity index (χ4v) is 2.91. The van der Waals surface area contributed by atoms with Crippen molar-refractivity contribution in [2.24, 2.45) is 22.7 Å². The van der Waals surface area contributed by atoms with Gasteiger partial charge in [-0.3, -0.25) is 0 Å². The van der Waals surface area contributed by atoms with Crippen LogP contribution in [0.4, 0.5) is 0 Å². The number of aliphatic hydroxyl groups excluding tert-OH is 1. The Labute approximate surface area is 127 Å². The zero-order chi connectivity index (χ0) is 16.1.